The molecule has 1 aliphatic heterocycles. The zero-order chi connectivity index (χ0) is 13.8. The number of likely N-dealkylation sites (N-methyl/N-ethyl adjacent to an activating group) is 1. The Morgan fingerprint density at radius 3 is 2.39 bits per heavy atom. The molecule has 1 fully saturated rings. The Kier molecular flexibility index (Phi) is 5.59. The van der Waals surface area contributed by atoms with Crippen molar-refractivity contribution in [1.82, 2.24) is 9.03 Å². The summed E-state index contributed by atoms with van der Waals surface area (Å²) < 4.78 is 26.2. The van der Waals surface area contributed by atoms with Gasteiger partial charge in [-0.3, -0.25) is 4.79 Å². The summed E-state index contributed by atoms with van der Waals surface area (Å²) >= 11 is 0. The van der Waals surface area contributed by atoms with Gasteiger partial charge in [0.1, 0.15) is 6.04 Å². The van der Waals surface area contributed by atoms with Gasteiger partial charge in [-0.1, -0.05) is 46.0 Å². The summed E-state index contributed by atoms with van der Waals surface area (Å²) in [6.45, 7) is 4.12. The molecule has 106 valence electrons. The van der Waals surface area contributed by atoms with Crippen LogP contribution in [0.4, 0.5) is 0 Å². The molecule has 1 amide bonds. The minimum atomic E-state index is -3.57. The Labute approximate surface area is 110 Å². The molecular weight excluding hydrogens is 252 g/mol. The lowest BCUT2D eigenvalue weighted by Crippen LogP contribution is -2.37. The first-order chi connectivity index (χ1) is 8.40. The lowest BCUT2D eigenvalue weighted by Gasteiger charge is -2.21. The van der Waals surface area contributed by atoms with Gasteiger partial charge in [0, 0.05) is 7.05 Å². The van der Waals surface area contributed by atoms with E-state index in [9.17, 15) is 13.2 Å². The van der Waals surface area contributed by atoms with E-state index in [4.69, 9.17) is 0 Å². The first-order valence-electron chi connectivity index (χ1n) is 6.69. The normalized spacial score (nSPS) is 25.1. The molecule has 1 heterocycles. The molecule has 18 heavy (non-hydrogen) atoms. The molecule has 0 aromatic heterocycles. The molecule has 0 bridgehead atoms. The Morgan fingerprint density at radius 1 is 1.28 bits per heavy atom. The zero-order valence-electron chi connectivity index (χ0n) is 11.5. The maximum atomic E-state index is 11.6. The van der Waals surface area contributed by atoms with Crippen LogP contribution < -0.4 is 4.72 Å². The molecular formula is C12H24N2O3S. The average Bonchev–Trinajstić information content (AvgIpc) is 2.47. The number of amides is 1. The molecule has 0 spiro atoms. The van der Waals surface area contributed by atoms with Crippen LogP contribution in [0.5, 0.6) is 0 Å². The summed E-state index contributed by atoms with van der Waals surface area (Å²) in [5.41, 5.74) is 0. The lowest BCUT2D eigenvalue weighted by atomic mass is 9.94. The van der Waals surface area contributed by atoms with Crippen LogP contribution in [0, 0.1) is 5.92 Å². The molecule has 5 nitrogen and oxygen atoms in total. The van der Waals surface area contributed by atoms with E-state index in [1.165, 1.54) is 26.3 Å². The third-order valence-electron chi connectivity index (χ3n) is 3.57. The van der Waals surface area contributed by atoms with Crippen LogP contribution in [0.25, 0.3) is 0 Å². The number of rotatable bonds is 7. The Balaban J connectivity index is 2.42. The van der Waals surface area contributed by atoms with E-state index >= 15 is 0 Å². The van der Waals surface area contributed by atoms with E-state index in [1.807, 2.05) is 11.6 Å². The van der Waals surface area contributed by atoms with Crippen molar-refractivity contribution in [3.05, 3.63) is 0 Å². The Hall–Kier alpha value is -0.620. The van der Waals surface area contributed by atoms with Crippen molar-refractivity contribution in [1.29, 1.82) is 0 Å². The SMILES string of the molecule is CCCCCCCC(C)C1C(=O)NS(=O)(=O)N1C. The highest BCUT2D eigenvalue weighted by molar-refractivity contribution is 7.88. The third-order valence-corrected chi connectivity index (χ3v) is 5.02. The first kappa shape index (κ1) is 15.4. The number of hydrogen-bond acceptors (Lipinski definition) is 3. The summed E-state index contributed by atoms with van der Waals surface area (Å²) in [6, 6.07) is -0.541. The van der Waals surface area contributed by atoms with Crippen LogP contribution >= 0.6 is 0 Å². The Bertz CT molecular complexity index is 381. The Morgan fingerprint density at radius 2 is 1.89 bits per heavy atom. The highest BCUT2D eigenvalue weighted by atomic mass is 32.2. The fourth-order valence-corrected chi connectivity index (χ4v) is 3.54. The smallest absolute Gasteiger partial charge is 0.272 e. The minimum Gasteiger partial charge on any atom is -0.272 e. The predicted molar refractivity (Wildman–Crippen MR) is 71.2 cm³/mol. The van der Waals surface area contributed by atoms with Crippen molar-refractivity contribution in [3.63, 3.8) is 0 Å². The van der Waals surface area contributed by atoms with Gasteiger partial charge in [-0.15, -0.1) is 0 Å². The van der Waals surface area contributed by atoms with Gasteiger partial charge in [0.15, 0.2) is 0 Å². The fraction of sp³-hybridized carbons (Fsp3) is 0.917. The largest absolute Gasteiger partial charge is 0.304 e. The second kappa shape index (κ2) is 6.52. The molecule has 1 N–H and O–H groups in total. The number of carbonyl (C=O) groups excluding carboxylic acids is 1. The van der Waals surface area contributed by atoms with Gasteiger partial charge >= 0.3 is 10.2 Å². The molecule has 2 atom stereocenters. The molecule has 1 aliphatic rings. The van der Waals surface area contributed by atoms with Crippen LogP contribution in [0.3, 0.4) is 0 Å². The van der Waals surface area contributed by atoms with E-state index < -0.39 is 22.2 Å². The van der Waals surface area contributed by atoms with E-state index in [0.717, 1.165) is 23.6 Å². The molecule has 6 heteroatoms. The summed E-state index contributed by atoms with van der Waals surface area (Å²) in [4.78, 5) is 11.6. The number of carbonyl (C=O) groups is 1. The summed E-state index contributed by atoms with van der Waals surface area (Å²) in [7, 11) is -2.11. The zero-order valence-corrected chi connectivity index (χ0v) is 12.3. The van der Waals surface area contributed by atoms with Crippen LogP contribution in [0.1, 0.15) is 52.4 Å². The van der Waals surface area contributed by atoms with Gasteiger partial charge in [0.25, 0.3) is 5.91 Å². The van der Waals surface area contributed by atoms with Crippen LogP contribution in [-0.4, -0.2) is 31.7 Å². The molecule has 0 aromatic carbocycles. The van der Waals surface area contributed by atoms with E-state index in [2.05, 4.69) is 6.92 Å². The highest BCUT2D eigenvalue weighted by Crippen LogP contribution is 2.23. The molecule has 2 unspecified atom stereocenters. The van der Waals surface area contributed by atoms with Crippen molar-refractivity contribution < 1.29 is 13.2 Å². The number of nitrogens with one attached hydrogen (secondary N) is 1. The van der Waals surface area contributed by atoms with Gasteiger partial charge in [-0.2, -0.15) is 12.7 Å². The quantitative estimate of drug-likeness (QED) is 0.719. The van der Waals surface area contributed by atoms with Crippen molar-refractivity contribution in [2.75, 3.05) is 7.05 Å². The van der Waals surface area contributed by atoms with Gasteiger partial charge in [0.2, 0.25) is 0 Å². The van der Waals surface area contributed by atoms with Gasteiger partial charge < -0.3 is 0 Å². The third kappa shape index (κ3) is 3.68. The monoisotopic (exact) mass is 276 g/mol. The number of nitrogens with zero attached hydrogens (tertiary/aromatic N) is 1. The summed E-state index contributed by atoms with van der Waals surface area (Å²) in [5, 5.41) is 0. The average molecular weight is 276 g/mol. The molecule has 0 aromatic rings. The maximum absolute atomic E-state index is 11.6. The van der Waals surface area contributed by atoms with Gasteiger partial charge in [-0.25, -0.2) is 4.72 Å². The van der Waals surface area contributed by atoms with Gasteiger partial charge in [0.05, 0.1) is 0 Å². The molecule has 1 saturated heterocycles. The molecule has 1 rings (SSSR count). The first-order valence-corrected chi connectivity index (χ1v) is 8.13. The molecule has 0 aliphatic carbocycles. The van der Waals surface area contributed by atoms with Gasteiger partial charge in [-0.05, 0) is 12.3 Å². The number of hydrogen-bond donors (Lipinski definition) is 1. The molecule has 0 saturated carbocycles. The lowest BCUT2D eigenvalue weighted by molar-refractivity contribution is -0.122. The highest BCUT2D eigenvalue weighted by Gasteiger charge is 2.43. The predicted octanol–water partition coefficient (Wildman–Crippen LogP) is 1.66. The van der Waals surface area contributed by atoms with Crippen molar-refractivity contribution in [3.8, 4) is 0 Å². The van der Waals surface area contributed by atoms with E-state index in [1.54, 1.807) is 0 Å². The van der Waals surface area contributed by atoms with Crippen LogP contribution in [0.15, 0.2) is 0 Å². The summed E-state index contributed by atoms with van der Waals surface area (Å²) in [5.74, 6) is -0.326. The summed E-state index contributed by atoms with van der Waals surface area (Å²) in [6.07, 6.45) is 6.77. The van der Waals surface area contributed by atoms with Crippen LogP contribution in [-0.2, 0) is 15.0 Å². The second-order valence-electron chi connectivity index (χ2n) is 5.11. The topological polar surface area (TPSA) is 66.5 Å². The van der Waals surface area contributed by atoms with Crippen LogP contribution in [0.2, 0.25) is 0 Å². The standard InChI is InChI=1S/C12H24N2O3S/c1-4-5-6-7-8-9-10(2)11-12(15)13-18(16,17)14(11)3/h10-11H,4-9H2,1-3H3,(H,13,15). The van der Waals surface area contributed by atoms with Crippen molar-refractivity contribution >= 4 is 16.1 Å². The second-order valence-corrected chi connectivity index (χ2v) is 6.84. The maximum Gasteiger partial charge on any atom is 0.304 e. The fourth-order valence-electron chi connectivity index (χ4n) is 2.42. The van der Waals surface area contributed by atoms with E-state index in [-0.39, 0.29) is 5.92 Å². The number of unbranched alkanes of at least 4 members (excludes halogenated alkanes) is 4. The van der Waals surface area contributed by atoms with Crippen molar-refractivity contribution in [2.24, 2.45) is 5.92 Å². The molecule has 0 radical (unpaired) electrons. The minimum absolute atomic E-state index is 0.0638. The van der Waals surface area contributed by atoms with Crippen molar-refractivity contribution in [2.45, 2.75) is 58.4 Å². The van der Waals surface area contributed by atoms with E-state index in [0.29, 0.717) is 0 Å².